The molecule has 0 spiro atoms. The first-order valence-electron chi connectivity index (χ1n) is 7.35. The maximum absolute atomic E-state index is 3.84. The topological polar surface area (TPSA) is 24.1 Å². The van der Waals surface area contributed by atoms with Gasteiger partial charge < -0.3 is 10.6 Å². The van der Waals surface area contributed by atoms with Crippen molar-refractivity contribution >= 4 is 0 Å². The summed E-state index contributed by atoms with van der Waals surface area (Å²) in [6, 6.07) is 2.07. The summed E-state index contributed by atoms with van der Waals surface area (Å²) in [5, 5.41) is 7.49. The Bertz CT molecular complexity index is 250. The van der Waals surface area contributed by atoms with Gasteiger partial charge in [-0.25, -0.2) is 0 Å². The maximum atomic E-state index is 3.84. The van der Waals surface area contributed by atoms with Crippen molar-refractivity contribution in [2.75, 3.05) is 6.54 Å². The number of nitrogens with one attached hydrogen (secondary N) is 2. The largest absolute Gasteiger partial charge is 0.314 e. The van der Waals surface area contributed by atoms with Crippen molar-refractivity contribution in [3.63, 3.8) is 0 Å². The van der Waals surface area contributed by atoms with Gasteiger partial charge in [0, 0.05) is 18.1 Å². The summed E-state index contributed by atoms with van der Waals surface area (Å²) in [5.74, 6) is 0. The average Bonchev–Trinajstić information content (AvgIpc) is 2.62. The average molecular weight is 238 g/mol. The fourth-order valence-electron chi connectivity index (χ4n) is 3.52. The normalized spacial score (nSPS) is 33.4. The van der Waals surface area contributed by atoms with Crippen LogP contribution >= 0.6 is 0 Å². The van der Waals surface area contributed by atoms with Crippen molar-refractivity contribution in [1.29, 1.82) is 0 Å². The molecule has 100 valence electrons. The number of rotatable bonds is 4. The SMILES string of the molecule is CC(CC1CCCCN1)NC1C(C)(C)C1(C)C. The van der Waals surface area contributed by atoms with E-state index in [1.54, 1.807) is 0 Å². The van der Waals surface area contributed by atoms with Crippen LogP contribution in [0.4, 0.5) is 0 Å². The predicted octanol–water partition coefficient (Wildman–Crippen LogP) is 2.93. The zero-order valence-electron chi connectivity index (χ0n) is 12.3. The van der Waals surface area contributed by atoms with Gasteiger partial charge in [-0.1, -0.05) is 34.1 Å². The molecular formula is C15H30N2. The maximum Gasteiger partial charge on any atom is 0.0183 e. The summed E-state index contributed by atoms with van der Waals surface area (Å²) in [7, 11) is 0. The van der Waals surface area contributed by atoms with E-state index in [9.17, 15) is 0 Å². The highest BCUT2D eigenvalue weighted by Gasteiger charge is 2.64. The van der Waals surface area contributed by atoms with E-state index < -0.39 is 0 Å². The summed E-state index contributed by atoms with van der Waals surface area (Å²) < 4.78 is 0. The summed E-state index contributed by atoms with van der Waals surface area (Å²) in [6.45, 7) is 13.1. The third kappa shape index (κ3) is 2.53. The molecule has 1 saturated carbocycles. The minimum absolute atomic E-state index is 0.460. The zero-order chi connectivity index (χ0) is 12.7. The fraction of sp³-hybridized carbons (Fsp3) is 1.00. The van der Waals surface area contributed by atoms with Gasteiger partial charge in [-0.15, -0.1) is 0 Å². The summed E-state index contributed by atoms with van der Waals surface area (Å²) in [6.07, 6.45) is 5.41. The molecule has 17 heavy (non-hydrogen) atoms. The third-order valence-corrected chi connectivity index (χ3v) is 5.52. The van der Waals surface area contributed by atoms with Gasteiger partial charge in [-0.3, -0.25) is 0 Å². The first kappa shape index (κ1) is 13.4. The molecule has 2 rings (SSSR count). The second-order valence-corrected chi connectivity index (χ2v) is 7.33. The van der Waals surface area contributed by atoms with Crippen LogP contribution in [0.15, 0.2) is 0 Å². The molecular weight excluding hydrogens is 208 g/mol. The highest BCUT2D eigenvalue weighted by Crippen LogP contribution is 2.62. The minimum Gasteiger partial charge on any atom is -0.314 e. The monoisotopic (exact) mass is 238 g/mol. The molecule has 0 bridgehead atoms. The Hall–Kier alpha value is -0.0800. The summed E-state index contributed by atoms with van der Waals surface area (Å²) >= 11 is 0. The molecule has 2 atom stereocenters. The van der Waals surface area contributed by atoms with Gasteiger partial charge in [0.25, 0.3) is 0 Å². The van der Waals surface area contributed by atoms with Crippen molar-refractivity contribution < 1.29 is 0 Å². The highest BCUT2D eigenvalue weighted by molar-refractivity contribution is 5.18. The molecule has 2 aliphatic rings. The lowest BCUT2D eigenvalue weighted by Gasteiger charge is -2.27. The van der Waals surface area contributed by atoms with Crippen molar-refractivity contribution in [3.05, 3.63) is 0 Å². The predicted molar refractivity (Wildman–Crippen MR) is 74.2 cm³/mol. The molecule has 1 aliphatic heterocycles. The van der Waals surface area contributed by atoms with E-state index in [2.05, 4.69) is 45.3 Å². The fourth-order valence-corrected chi connectivity index (χ4v) is 3.52. The van der Waals surface area contributed by atoms with Gasteiger partial charge in [-0.2, -0.15) is 0 Å². The Morgan fingerprint density at radius 3 is 2.29 bits per heavy atom. The molecule has 0 aromatic heterocycles. The van der Waals surface area contributed by atoms with Crippen LogP contribution in [0.5, 0.6) is 0 Å². The van der Waals surface area contributed by atoms with Crippen LogP contribution in [0.25, 0.3) is 0 Å². The van der Waals surface area contributed by atoms with E-state index in [0.29, 0.717) is 22.9 Å². The van der Waals surface area contributed by atoms with Gasteiger partial charge in [-0.05, 0) is 43.6 Å². The Morgan fingerprint density at radius 2 is 1.82 bits per heavy atom. The number of piperidine rings is 1. The van der Waals surface area contributed by atoms with Crippen LogP contribution in [-0.4, -0.2) is 24.7 Å². The van der Waals surface area contributed by atoms with Crippen molar-refractivity contribution in [1.82, 2.24) is 10.6 Å². The van der Waals surface area contributed by atoms with Crippen molar-refractivity contribution in [2.45, 2.75) is 78.4 Å². The molecule has 1 saturated heterocycles. The number of hydrogen-bond acceptors (Lipinski definition) is 2. The lowest BCUT2D eigenvalue weighted by Crippen LogP contribution is -2.41. The van der Waals surface area contributed by atoms with Gasteiger partial charge in [0.2, 0.25) is 0 Å². The quantitative estimate of drug-likeness (QED) is 0.787. The zero-order valence-corrected chi connectivity index (χ0v) is 12.3. The van der Waals surface area contributed by atoms with Crippen LogP contribution in [-0.2, 0) is 0 Å². The second-order valence-electron chi connectivity index (χ2n) is 7.33. The molecule has 1 heterocycles. The van der Waals surface area contributed by atoms with E-state index in [1.807, 2.05) is 0 Å². The molecule has 2 heteroatoms. The second kappa shape index (κ2) is 4.55. The van der Waals surface area contributed by atoms with Gasteiger partial charge in [0.1, 0.15) is 0 Å². The Kier molecular flexibility index (Phi) is 3.57. The molecule has 0 amide bonds. The Morgan fingerprint density at radius 1 is 1.18 bits per heavy atom. The van der Waals surface area contributed by atoms with Crippen LogP contribution in [0.3, 0.4) is 0 Å². The summed E-state index contributed by atoms with van der Waals surface area (Å²) in [5.41, 5.74) is 0.919. The highest BCUT2D eigenvalue weighted by atomic mass is 15.1. The van der Waals surface area contributed by atoms with Crippen LogP contribution in [0, 0.1) is 10.8 Å². The van der Waals surface area contributed by atoms with E-state index in [1.165, 1.54) is 32.2 Å². The van der Waals surface area contributed by atoms with Gasteiger partial charge in [0.15, 0.2) is 0 Å². The molecule has 2 nitrogen and oxygen atoms in total. The van der Waals surface area contributed by atoms with E-state index in [4.69, 9.17) is 0 Å². The standard InChI is InChI=1S/C15H30N2/c1-11(10-12-8-6-7-9-16-12)17-13-14(2,3)15(13,4)5/h11-13,16-17H,6-10H2,1-5H3. The van der Waals surface area contributed by atoms with E-state index in [0.717, 1.165) is 6.04 Å². The lowest BCUT2D eigenvalue weighted by atomic mass is 9.98. The minimum atomic E-state index is 0.460. The van der Waals surface area contributed by atoms with Gasteiger partial charge >= 0.3 is 0 Å². The van der Waals surface area contributed by atoms with Crippen LogP contribution < -0.4 is 10.6 Å². The molecule has 0 aromatic rings. The molecule has 2 N–H and O–H groups in total. The first-order chi connectivity index (χ1) is 7.85. The van der Waals surface area contributed by atoms with Crippen molar-refractivity contribution in [3.8, 4) is 0 Å². The van der Waals surface area contributed by atoms with E-state index >= 15 is 0 Å². The molecule has 0 radical (unpaired) electrons. The number of hydrogen-bond donors (Lipinski definition) is 2. The molecule has 0 aromatic carbocycles. The Labute approximate surface area is 107 Å². The molecule has 2 fully saturated rings. The molecule has 1 aliphatic carbocycles. The van der Waals surface area contributed by atoms with Gasteiger partial charge in [0.05, 0.1) is 0 Å². The molecule has 2 unspecified atom stereocenters. The van der Waals surface area contributed by atoms with Crippen molar-refractivity contribution in [2.24, 2.45) is 10.8 Å². The Balaban J connectivity index is 1.76. The smallest absolute Gasteiger partial charge is 0.0183 e. The third-order valence-electron chi connectivity index (χ3n) is 5.52. The van der Waals surface area contributed by atoms with Crippen LogP contribution in [0.2, 0.25) is 0 Å². The lowest BCUT2D eigenvalue weighted by molar-refractivity contribution is 0.336. The van der Waals surface area contributed by atoms with E-state index in [-0.39, 0.29) is 0 Å². The van der Waals surface area contributed by atoms with Crippen LogP contribution in [0.1, 0.15) is 60.3 Å². The summed E-state index contributed by atoms with van der Waals surface area (Å²) in [4.78, 5) is 0. The first-order valence-corrected chi connectivity index (χ1v) is 7.35.